The van der Waals surface area contributed by atoms with E-state index in [4.69, 9.17) is 4.74 Å². The van der Waals surface area contributed by atoms with Crippen LogP contribution in [0.25, 0.3) is 0 Å². The summed E-state index contributed by atoms with van der Waals surface area (Å²) in [5, 5.41) is 2.66. The number of nitrogens with zero attached hydrogens (tertiary/aromatic N) is 1. The molecular formula is C13H19BrN2O4S. The first-order valence-corrected chi connectivity index (χ1v) is 8.97. The van der Waals surface area contributed by atoms with Gasteiger partial charge < -0.3 is 10.1 Å². The van der Waals surface area contributed by atoms with E-state index in [1.54, 1.807) is 31.4 Å². The van der Waals surface area contributed by atoms with Crippen LogP contribution in [0.3, 0.4) is 0 Å². The number of carbonyl (C=O) groups is 1. The zero-order chi connectivity index (χ0) is 15.9. The van der Waals surface area contributed by atoms with Crippen LogP contribution in [-0.4, -0.2) is 47.4 Å². The van der Waals surface area contributed by atoms with Crippen LogP contribution >= 0.6 is 15.9 Å². The van der Waals surface area contributed by atoms with Crippen molar-refractivity contribution in [3.05, 3.63) is 28.7 Å². The molecule has 1 N–H and O–H groups in total. The molecule has 1 amide bonds. The summed E-state index contributed by atoms with van der Waals surface area (Å²) in [5.74, 6) is -0.212. The van der Waals surface area contributed by atoms with Gasteiger partial charge in [-0.25, -0.2) is 8.42 Å². The molecule has 0 saturated carbocycles. The monoisotopic (exact) mass is 378 g/mol. The minimum absolute atomic E-state index is 0.0866. The SMILES string of the molecule is COCCNC(=O)CCN(c1cccc(Br)c1)S(C)(=O)=O. The van der Waals surface area contributed by atoms with Crippen LogP contribution in [0.1, 0.15) is 6.42 Å². The minimum atomic E-state index is -3.45. The molecule has 1 rings (SSSR count). The standard InChI is InChI=1S/C13H19BrN2O4S/c1-20-9-7-15-13(17)6-8-16(21(2,18)19)12-5-3-4-11(14)10-12/h3-5,10H,6-9H2,1-2H3,(H,15,17). The van der Waals surface area contributed by atoms with Gasteiger partial charge in [0.2, 0.25) is 15.9 Å². The molecule has 6 nitrogen and oxygen atoms in total. The van der Waals surface area contributed by atoms with E-state index in [9.17, 15) is 13.2 Å². The maximum absolute atomic E-state index is 11.9. The Labute approximate surface area is 133 Å². The molecule has 0 spiro atoms. The predicted molar refractivity (Wildman–Crippen MR) is 85.8 cm³/mol. The maximum atomic E-state index is 11.9. The minimum Gasteiger partial charge on any atom is -0.383 e. The summed E-state index contributed by atoms with van der Waals surface area (Å²) >= 11 is 3.30. The van der Waals surface area contributed by atoms with E-state index in [0.717, 1.165) is 10.7 Å². The van der Waals surface area contributed by atoms with Gasteiger partial charge in [0, 0.05) is 31.1 Å². The Hall–Kier alpha value is -1.12. The van der Waals surface area contributed by atoms with Crippen molar-refractivity contribution in [2.75, 3.05) is 37.4 Å². The highest BCUT2D eigenvalue weighted by Gasteiger charge is 2.18. The molecular weight excluding hydrogens is 360 g/mol. The number of rotatable bonds is 8. The summed E-state index contributed by atoms with van der Waals surface area (Å²) in [4.78, 5) is 11.7. The molecule has 0 saturated heterocycles. The average molecular weight is 379 g/mol. The number of hydrogen-bond acceptors (Lipinski definition) is 4. The Kier molecular flexibility index (Phi) is 7.13. The number of nitrogens with one attached hydrogen (secondary N) is 1. The van der Waals surface area contributed by atoms with Gasteiger partial charge in [0.25, 0.3) is 0 Å². The lowest BCUT2D eigenvalue weighted by atomic mass is 10.3. The number of sulfonamides is 1. The van der Waals surface area contributed by atoms with E-state index in [1.165, 1.54) is 4.31 Å². The number of methoxy groups -OCH3 is 1. The highest BCUT2D eigenvalue weighted by molar-refractivity contribution is 9.10. The number of hydrogen-bond donors (Lipinski definition) is 1. The molecule has 1 aromatic rings. The second-order valence-electron chi connectivity index (χ2n) is 4.41. The van der Waals surface area contributed by atoms with Crippen molar-refractivity contribution in [3.8, 4) is 0 Å². The quantitative estimate of drug-likeness (QED) is 0.693. The van der Waals surface area contributed by atoms with Crippen molar-refractivity contribution < 1.29 is 17.9 Å². The number of anilines is 1. The fraction of sp³-hybridized carbons (Fsp3) is 0.462. The molecule has 0 bridgehead atoms. The van der Waals surface area contributed by atoms with Crippen LogP contribution in [0, 0.1) is 0 Å². The number of carbonyl (C=O) groups excluding carboxylic acids is 1. The van der Waals surface area contributed by atoms with Crippen LogP contribution in [0.4, 0.5) is 5.69 Å². The first-order chi connectivity index (χ1) is 9.84. The lowest BCUT2D eigenvalue weighted by Crippen LogP contribution is -2.35. The molecule has 0 aromatic heterocycles. The fourth-order valence-corrected chi connectivity index (χ4v) is 3.01. The van der Waals surface area contributed by atoms with E-state index in [0.29, 0.717) is 18.8 Å². The van der Waals surface area contributed by atoms with Crippen LogP contribution in [0.5, 0.6) is 0 Å². The van der Waals surface area contributed by atoms with Gasteiger partial charge in [0.05, 0.1) is 18.6 Å². The van der Waals surface area contributed by atoms with E-state index >= 15 is 0 Å². The van der Waals surface area contributed by atoms with Crippen molar-refractivity contribution >= 4 is 37.5 Å². The summed E-state index contributed by atoms with van der Waals surface area (Å²) in [6.07, 6.45) is 1.21. The number of amides is 1. The van der Waals surface area contributed by atoms with E-state index in [2.05, 4.69) is 21.2 Å². The van der Waals surface area contributed by atoms with Gasteiger partial charge in [-0.3, -0.25) is 9.10 Å². The van der Waals surface area contributed by atoms with E-state index in [-0.39, 0.29) is 18.9 Å². The normalized spacial score (nSPS) is 11.2. The molecule has 0 radical (unpaired) electrons. The van der Waals surface area contributed by atoms with E-state index in [1.807, 2.05) is 0 Å². The summed E-state index contributed by atoms with van der Waals surface area (Å²) < 4.78 is 30.6. The smallest absolute Gasteiger partial charge is 0.232 e. The average Bonchev–Trinajstić information content (AvgIpc) is 2.37. The van der Waals surface area contributed by atoms with Gasteiger partial charge in [-0.15, -0.1) is 0 Å². The van der Waals surface area contributed by atoms with Gasteiger partial charge in [0.15, 0.2) is 0 Å². The Morgan fingerprint density at radius 3 is 2.71 bits per heavy atom. The van der Waals surface area contributed by atoms with Crippen molar-refractivity contribution in [2.24, 2.45) is 0 Å². The van der Waals surface area contributed by atoms with Gasteiger partial charge in [-0.2, -0.15) is 0 Å². The van der Waals surface area contributed by atoms with Crippen molar-refractivity contribution in [2.45, 2.75) is 6.42 Å². The fourth-order valence-electron chi connectivity index (χ4n) is 1.70. The van der Waals surface area contributed by atoms with Crippen molar-refractivity contribution in [1.82, 2.24) is 5.32 Å². The summed E-state index contributed by atoms with van der Waals surface area (Å²) in [6, 6.07) is 6.94. The second kappa shape index (κ2) is 8.35. The molecule has 0 fully saturated rings. The Morgan fingerprint density at radius 2 is 2.14 bits per heavy atom. The van der Waals surface area contributed by atoms with Gasteiger partial charge in [-0.1, -0.05) is 22.0 Å². The molecule has 0 heterocycles. The zero-order valence-corrected chi connectivity index (χ0v) is 14.4. The third-order valence-corrected chi connectivity index (χ3v) is 4.35. The molecule has 8 heteroatoms. The number of benzene rings is 1. The summed E-state index contributed by atoms with van der Waals surface area (Å²) in [7, 11) is -1.90. The molecule has 0 unspecified atom stereocenters. The second-order valence-corrected chi connectivity index (χ2v) is 7.23. The summed E-state index contributed by atoms with van der Waals surface area (Å²) in [6.45, 7) is 0.923. The Balaban J connectivity index is 2.71. The van der Waals surface area contributed by atoms with Crippen LogP contribution in [0.2, 0.25) is 0 Å². The topological polar surface area (TPSA) is 75.7 Å². The van der Waals surface area contributed by atoms with Crippen molar-refractivity contribution in [1.29, 1.82) is 0 Å². The largest absolute Gasteiger partial charge is 0.383 e. The molecule has 0 aliphatic rings. The highest BCUT2D eigenvalue weighted by atomic mass is 79.9. The molecule has 118 valence electrons. The van der Waals surface area contributed by atoms with Gasteiger partial charge in [0.1, 0.15) is 0 Å². The maximum Gasteiger partial charge on any atom is 0.232 e. The van der Waals surface area contributed by atoms with Crippen LogP contribution in [-0.2, 0) is 19.6 Å². The van der Waals surface area contributed by atoms with Crippen LogP contribution < -0.4 is 9.62 Å². The third-order valence-electron chi connectivity index (χ3n) is 2.67. The Bertz CT molecular complexity index is 577. The highest BCUT2D eigenvalue weighted by Crippen LogP contribution is 2.22. The molecule has 0 atom stereocenters. The van der Waals surface area contributed by atoms with Gasteiger partial charge in [-0.05, 0) is 18.2 Å². The van der Waals surface area contributed by atoms with Crippen LogP contribution in [0.15, 0.2) is 28.7 Å². The zero-order valence-electron chi connectivity index (χ0n) is 12.0. The van der Waals surface area contributed by atoms with Gasteiger partial charge >= 0.3 is 0 Å². The molecule has 0 aliphatic heterocycles. The van der Waals surface area contributed by atoms with Crippen molar-refractivity contribution in [3.63, 3.8) is 0 Å². The number of halogens is 1. The van der Waals surface area contributed by atoms with E-state index < -0.39 is 10.0 Å². The first kappa shape index (κ1) is 17.9. The molecule has 0 aliphatic carbocycles. The number of ether oxygens (including phenoxy) is 1. The molecule has 21 heavy (non-hydrogen) atoms. The first-order valence-electron chi connectivity index (χ1n) is 6.33. The predicted octanol–water partition coefficient (Wildman–Crippen LogP) is 1.37. The summed E-state index contributed by atoms with van der Waals surface area (Å²) in [5.41, 5.74) is 0.525. The molecule has 1 aromatic carbocycles. The Morgan fingerprint density at radius 1 is 1.43 bits per heavy atom. The lowest BCUT2D eigenvalue weighted by Gasteiger charge is -2.22. The third kappa shape index (κ3) is 6.45. The lowest BCUT2D eigenvalue weighted by molar-refractivity contribution is -0.121.